The van der Waals surface area contributed by atoms with Crippen molar-refractivity contribution in [3.05, 3.63) is 17.5 Å². The van der Waals surface area contributed by atoms with Gasteiger partial charge in [0.05, 0.1) is 12.2 Å². The number of piperidine rings is 1. The number of hydrogen-bond acceptors (Lipinski definition) is 4. The number of likely N-dealkylation sites (tertiary alicyclic amines) is 1. The molecule has 1 unspecified atom stereocenters. The van der Waals surface area contributed by atoms with E-state index in [4.69, 9.17) is 4.52 Å². The normalized spacial score (nSPS) is 19.2. The van der Waals surface area contributed by atoms with E-state index >= 15 is 0 Å². The van der Waals surface area contributed by atoms with Gasteiger partial charge in [-0.1, -0.05) is 19.0 Å². The highest BCUT2D eigenvalue weighted by Gasteiger charge is 2.21. The fourth-order valence-electron chi connectivity index (χ4n) is 3.05. The lowest BCUT2D eigenvalue weighted by Crippen LogP contribution is -2.45. The molecule has 1 aromatic heterocycles. The van der Waals surface area contributed by atoms with E-state index in [9.17, 15) is 0 Å². The molecular formula is C18H34IN5O. The average molecular weight is 463 g/mol. The molecule has 1 saturated heterocycles. The Kier molecular flexibility index (Phi) is 9.78. The summed E-state index contributed by atoms with van der Waals surface area (Å²) in [4.78, 5) is 6.87. The molecule has 0 aliphatic carbocycles. The van der Waals surface area contributed by atoms with Gasteiger partial charge in [-0.3, -0.25) is 4.99 Å². The van der Waals surface area contributed by atoms with Crippen molar-refractivity contribution in [1.29, 1.82) is 0 Å². The molecule has 1 aromatic rings. The van der Waals surface area contributed by atoms with E-state index in [2.05, 4.69) is 53.4 Å². The first-order valence-corrected chi connectivity index (χ1v) is 9.13. The van der Waals surface area contributed by atoms with E-state index in [1.54, 1.807) is 7.05 Å². The predicted octanol–water partition coefficient (Wildman–Crippen LogP) is 3.20. The zero-order valence-electron chi connectivity index (χ0n) is 16.2. The molecule has 0 saturated carbocycles. The minimum atomic E-state index is 0. The second kappa shape index (κ2) is 11.0. The molecule has 1 aliphatic heterocycles. The van der Waals surface area contributed by atoms with Crippen molar-refractivity contribution in [3.63, 3.8) is 0 Å². The van der Waals surface area contributed by atoms with Crippen LogP contribution in [0, 0.1) is 5.92 Å². The van der Waals surface area contributed by atoms with Crippen LogP contribution in [-0.4, -0.2) is 48.7 Å². The zero-order chi connectivity index (χ0) is 17.5. The number of guanidine groups is 1. The second-order valence-electron chi connectivity index (χ2n) is 7.28. The maximum absolute atomic E-state index is 5.35. The van der Waals surface area contributed by atoms with Crippen LogP contribution in [0.5, 0.6) is 0 Å². The summed E-state index contributed by atoms with van der Waals surface area (Å²) in [6.45, 7) is 12.7. The molecule has 0 spiro atoms. The Morgan fingerprint density at radius 3 is 2.72 bits per heavy atom. The van der Waals surface area contributed by atoms with Crippen LogP contribution >= 0.6 is 24.0 Å². The summed E-state index contributed by atoms with van der Waals surface area (Å²) in [5, 5.41) is 10.8. The molecule has 2 rings (SSSR count). The Morgan fingerprint density at radius 2 is 2.12 bits per heavy atom. The van der Waals surface area contributed by atoms with Gasteiger partial charge in [0.15, 0.2) is 11.7 Å². The quantitative estimate of drug-likeness (QED) is 0.386. The minimum Gasteiger partial charge on any atom is -0.359 e. The number of nitrogens with zero attached hydrogens (tertiary/aromatic N) is 3. The highest BCUT2D eigenvalue weighted by Crippen LogP contribution is 2.17. The van der Waals surface area contributed by atoms with Crippen molar-refractivity contribution in [2.45, 2.75) is 59.0 Å². The molecule has 7 heteroatoms. The molecule has 6 nitrogen and oxygen atoms in total. The Labute approximate surface area is 169 Å². The highest BCUT2D eigenvalue weighted by atomic mass is 127. The van der Waals surface area contributed by atoms with Gasteiger partial charge in [0.1, 0.15) is 0 Å². The lowest BCUT2D eigenvalue weighted by atomic mass is 9.97. The van der Waals surface area contributed by atoms with E-state index in [1.807, 2.05) is 6.07 Å². The molecule has 0 bridgehead atoms. The summed E-state index contributed by atoms with van der Waals surface area (Å²) in [5.41, 5.74) is 0.991. The van der Waals surface area contributed by atoms with Crippen molar-refractivity contribution in [2.75, 3.05) is 26.7 Å². The van der Waals surface area contributed by atoms with Gasteiger partial charge in [-0.15, -0.1) is 24.0 Å². The lowest BCUT2D eigenvalue weighted by molar-refractivity contribution is 0.141. The Bertz CT molecular complexity index is 529. The summed E-state index contributed by atoms with van der Waals surface area (Å²) < 4.78 is 5.35. The van der Waals surface area contributed by atoms with Gasteiger partial charge < -0.3 is 20.1 Å². The Hall–Kier alpha value is -0.830. The molecule has 0 aromatic carbocycles. The van der Waals surface area contributed by atoms with Gasteiger partial charge in [-0.2, -0.15) is 0 Å². The van der Waals surface area contributed by atoms with E-state index in [0.717, 1.165) is 24.0 Å². The fourth-order valence-corrected chi connectivity index (χ4v) is 3.05. The van der Waals surface area contributed by atoms with Crippen LogP contribution in [0.25, 0.3) is 0 Å². The Balaban J connectivity index is 0.00000312. The number of aliphatic imine (C=N–C) groups is 1. The van der Waals surface area contributed by atoms with Gasteiger partial charge in [-0.25, -0.2) is 0 Å². The van der Waals surface area contributed by atoms with Crippen molar-refractivity contribution in [2.24, 2.45) is 10.9 Å². The molecule has 144 valence electrons. The molecule has 2 heterocycles. The van der Waals surface area contributed by atoms with Crippen molar-refractivity contribution in [1.82, 2.24) is 20.7 Å². The molecule has 1 fully saturated rings. The molecule has 0 amide bonds. The van der Waals surface area contributed by atoms with Crippen LogP contribution in [0.3, 0.4) is 0 Å². The van der Waals surface area contributed by atoms with Crippen LogP contribution in [0.4, 0.5) is 0 Å². The number of hydrogen-bond donors (Lipinski definition) is 2. The van der Waals surface area contributed by atoms with E-state index < -0.39 is 0 Å². The summed E-state index contributed by atoms with van der Waals surface area (Å²) in [6, 6.07) is 2.64. The molecule has 0 radical (unpaired) electrons. The van der Waals surface area contributed by atoms with E-state index in [-0.39, 0.29) is 24.0 Å². The van der Waals surface area contributed by atoms with Crippen LogP contribution in [-0.2, 0) is 6.54 Å². The molecular weight excluding hydrogens is 429 g/mol. The van der Waals surface area contributed by atoms with Crippen LogP contribution in [0.1, 0.15) is 57.9 Å². The van der Waals surface area contributed by atoms with Crippen molar-refractivity contribution < 1.29 is 4.52 Å². The fraction of sp³-hybridized carbons (Fsp3) is 0.778. The molecule has 25 heavy (non-hydrogen) atoms. The van der Waals surface area contributed by atoms with Crippen LogP contribution in [0.2, 0.25) is 0 Å². The molecule has 1 atom stereocenters. The van der Waals surface area contributed by atoms with Gasteiger partial charge in [0.2, 0.25) is 0 Å². The second-order valence-corrected chi connectivity index (χ2v) is 7.28. The summed E-state index contributed by atoms with van der Waals surface area (Å²) >= 11 is 0. The summed E-state index contributed by atoms with van der Waals surface area (Å²) in [6.07, 6.45) is 2.57. The minimum absolute atomic E-state index is 0. The van der Waals surface area contributed by atoms with Gasteiger partial charge in [0, 0.05) is 32.2 Å². The first-order valence-electron chi connectivity index (χ1n) is 9.13. The highest BCUT2D eigenvalue weighted by molar-refractivity contribution is 14.0. The third kappa shape index (κ3) is 7.13. The standard InChI is InChI=1S/C18H33N5O.HI/c1-13(2)17-9-16(24-22-17)11-21-18(19-5)20-10-15-7-6-8-23(12-15)14(3)4;/h9,13-15H,6-8,10-12H2,1-5H3,(H2,19,20,21);1H. The maximum atomic E-state index is 5.35. The predicted molar refractivity (Wildman–Crippen MR) is 114 cm³/mol. The smallest absolute Gasteiger partial charge is 0.191 e. The van der Waals surface area contributed by atoms with Gasteiger partial charge in [-0.05, 0) is 45.1 Å². The van der Waals surface area contributed by atoms with Crippen molar-refractivity contribution >= 4 is 29.9 Å². The summed E-state index contributed by atoms with van der Waals surface area (Å²) in [7, 11) is 1.80. The number of nitrogens with one attached hydrogen (secondary N) is 2. The van der Waals surface area contributed by atoms with Gasteiger partial charge >= 0.3 is 0 Å². The Morgan fingerprint density at radius 1 is 1.36 bits per heavy atom. The number of halogens is 1. The third-order valence-corrected chi connectivity index (χ3v) is 4.66. The largest absolute Gasteiger partial charge is 0.359 e. The maximum Gasteiger partial charge on any atom is 0.191 e. The zero-order valence-corrected chi connectivity index (χ0v) is 18.5. The SMILES string of the molecule is CN=C(NCc1cc(C(C)C)no1)NCC1CCCN(C(C)C)C1.I. The van der Waals surface area contributed by atoms with Crippen molar-refractivity contribution in [3.8, 4) is 0 Å². The van der Waals surface area contributed by atoms with E-state index in [1.165, 1.54) is 25.9 Å². The monoisotopic (exact) mass is 463 g/mol. The first kappa shape index (κ1) is 22.2. The molecule has 2 N–H and O–H groups in total. The van der Waals surface area contributed by atoms with Gasteiger partial charge in [0.25, 0.3) is 0 Å². The van der Waals surface area contributed by atoms with Crippen LogP contribution in [0.15, 0.2) is 15.6 Å². The van der Waals surface area contributed by atoms with E-state index in [0.29, 0.717) is 24.4 Å². The number of aromatic nitrogens is 1. The van der Waals surface area contributed by atoms with Crippen LogP contribution < -0.4 is 10.6 Å². The third-order valence-electron chi connectivity index (χ3n) is 4.66. The topological polar surface area (TPSA) is 65.7 Å². The number of rotatable bonds is 6. The summed E-state index contributed by atoms with van der Waals surface area (Å²) in [5.74, 6) is 2.72. The molecule has 1 aliphatic rings. The average Bonchev–Trinajstić information content (AvgIpc) is 3.04. The lowest BCUT2D eigenvalue weighted by Gasteiger charge is -2.35. The first-order chi connectivity index (χ1) is 11.5.